The first-order valence-electron chi connectivity index (χ1n) is 11.5. The Balaban J connectivity index is 1.53. The second-order valence-electron chi connectivity index (χ2n) is 8.50. The lowest BCUT2D eigenvalue weighted by Gasteiger charge is -2.26. The molecule has 1 heterocycles. The molecule has 0 aliphatic heterocycles. The largest absolute Gasteiger partial charge is 0.488 e. The van der Waals surface area contributed by atoms with E-state index >= 15 is 0 Å². The highest BCUT2D eigenvalue weighted by Gasteiger charge is 2.17. The number of fused-ring (bicyclic) bond motifs is 3. The summed E-state index contributed by atoms with van der Waals surface area (Å²) in [5.41, 5.74) is 5.78. The molecule has 5 aromatic carbocycles. The van der Waals surface area contributed by atoms with Gasteiger partial charge in [-0.25, -0.2) is 0 Å². The van der Waals surface area contributed by atoms with Gasteiger partial charge in [0.2, 0.25) is 0 Å². The predicted molar refractivity (Wildman–Crippen MR) is 149 cm³/mol. The summed E-state index contributed by atoms with van der Waals surface area (Å²) in [4.78, 5) is 2.21. The van der Waals surface area contributed by atoms with Gasteiger partial charge in [-0.05, 0) is 65.1 Å². The van der Waals surface area contributed by atoms with Crippen molar-refractivity contribution >= 4 is 61.2 Å². The molecule has 0 saturated heterocycles. The van der Waals surface area contributed by atoms with Gasteiger partial charge in [0.1, 0.15) is 0 Å². The zero-order valence-electron chi connectivity index (χ0n) is 18.9. The van der Waals surface area contributed by atoms with Crippen molar-refractivity contribution < 1.29 is 10.0 Å². The van der Waals surface area contributed by atoms with Crippen LogP contribution in [-0.4, -0.2) is 17.2 Å². The van der Waals surface area contributed by atoms with E-state index in [2.05, 4.69) is 83.8 Å². The minimum atomic E-state index is -1.49. The van der Waals surface area contributed by atoms with Crippen molar-refractivity contribution in [2.24, 2.45) is 0 Å². The molecule has 2 N–H and O–H groups in total. The first-order chi connectivity index (χ1) is 17.2. The molecule has 0 aliphatic rings. The second kappa shape index (κ2) is 9.04. The van der Waals surface area contributed by atoms with Gasteiger partial charge in [0, 0.05) is 37.2 Å². The number of nitrogens with zero attached hydrogens (tertiary/aromatic N) is 1. The molecule has 168 valence electrons. The van der Waals surface area contributed by atoms with Crippen molar-refractivity contribution in [1.29, 1.82) is 0 Å². The van der Waals surface area contributed by atoms with Gasteiger partial charge in [0.15, 0.2) is 0 Å². The van der Waals surface area contributed by atoms with Gasteiger partial charge in [0.05, 0.1) is 0 Å². The predicted octanol–water partition coefficient (Wildman–Crippen LogP) is 6.87. The van der Waals surface area contributed by atoms with E-state index in [9.17, 15) is 10.0 Å². The van der Waals surface area contributed by atoms with Crippen LogP contribution in [0.2, 0.25) is 0 Å². The van der Waals surface area contributed by atoms with Crippen LogP contribution in [0, 0.1) is 0 Å². The lowest BCUT2D eigenvalue weighted by molar-refractivity contribution is 0.426. The van der Waals surface area contributed by atoms with Gasteiger partial charge in [-0.2, -0.15) is 0 Å². The van der Waals surface area contributed by atoms with Crippen LogP contribution in [0.1, 0.15) is 0 Å². The van der Waals surface area contributed by atoms with Gasteiger partial charge < -0.3 is 14.9 Å². The number of hydrogen-bond acceptors (Lipinski definition) is 4. The number of hydrogen-bond donors (Lipinski definition) is 2. The van der Waals surface area contributed by atoms with Crippen LogP contribution >= 0.6 is 11.3 Å². The number of benzene rings is 5. The molecule has 6 aromatic rings. The first kappa shape index (κ1) is 21.6. The molecule has 0 amide bonds. The SMILES string of the molecule is OB(O)c1ccc(N(c2cccc(-c3ccccc3)c2)c2ccc3sc4ccccc4c3c2)cc1. The average molecular weight is 471 g/mol. The van der Waals surface area contributed by atoms with Gasteiger partial charge in [-0.3, -0.25) is 0 Å². The van der Waals surface area contributed by atoms with Crippen molar-refractivity contribution in [3.05, 3.63) is 121 Å². The third-order valence-corrected chi connectivity index (χ3v) is 7.43. The molecule has 5 heteroatoms. The highest BCUT2D eigenvalue weighted by atomic mass is 32.1. The second-order valence-corrected chi connectivity index (χ2v) is 9.58. The Hall–Kier alpha value is -3.90. The molecule has 0 saturated carbocycles. The lowest BCUT2D eigenvalue weighted by atomic mass is 9.80. The molecule has 3 nitrogen and oxygen atoms in total. The Morgan fingerprint density at radius 2 is 1.17 bits per heavy atom. The highest BCUT2D eigenvalue weighted by Crippen LogP contribution is 2.41. The summed E-state index contributed by atoms with van der Waals surface area (Å²) >= 11 is 1.80. The maximum Gasteiger partial charge on any atom is 0.488 e. The molecule has 6 rings (SSSR count). The van der Waals surface area contributed by atoms with Crippen LogP contribution in [0.5, 0.6) is 0 Å². The number of anilines is 3. The van der Waals surface area contributed by atoms with Crippen LogP contribution in [0.4, 0.5) is 17.1 Å². The van der Waals surface area contributed by atoms with E-state index in [0.717, 1.165) is 28.2 Å². The van der Waals surface area contributed by atoms with Crippen molar-refractivity contribution in [1.82, 2.24) is 0 Å². The molecular formula is C30H22BNO2S. The summed E-state index contributed by atoms with van der Waals surface area (Å²) in [6, 6.07) is 41.3. The third-order valence-electron chi connectivity index (χ3n) is 6.28. The fraction of sp³-hybridized carbons (Fsp3) is 0. The van der Waals surface area contributed by atoms with E-state index in [1.807, 2.05) is 30.3 Å². The summed E-state index contributed by atoms with van der Waals surface area (Å²) in [7, 11) is -1.49. The summed E-state index contributed by atoms with van der Waals surface area (Å²) in [5.74, 6) is 0. The Kier molecular flexibility index (Phi) is 5.59. The van der Waals surface area contributed by atoms with Crippen molar-refractivity contribution in [3.63, 3.8) is 0 Å². The topological polar surface area (TPSA) is 43.7 Å². The molecule has 0 bridgehead atoms. The fourth-order valence-corrected chi connectivity index (χ4v) is 5.64. The summed E-state index contributed by atoms with van der Waals surface area (Å²) in [6.45, 7) is 0. The van der Waals surface area contributed by atoms with E-state index < -0.39 is 7.12 Å². The number of rotatable bonds is 5. The molecule has 0 radical (unpaired) electrons. The van der Waals surface area contributed by atoms with Crippen LogP contribution in [0.3, 0.4) is 0 Å². The average Bonchev–Trinajstić information content (AvgIpc) is 3.28. The van der Waals surface area contributed by atoms with Crippen LogP contribution in [0.15, 0.2) is 121 Å². The standard InChI is InChI=1S/C30H22BNO2S/c33-31(34)23-13-15-24(16-14-23)32(25-10-6-9-22(19-25)21-7-2-1-3-8-21)26-17-18-30-28(20-26)27-11-4-5-12-29(27)35-30/h1-20,33-34H. The van der Waals surface area contributed by atoms with Gasteiger partial charge in [-0.1, -0.05) is 72.8 Å². The first-order valence-corrected chi connectivity index (χ1v) is 12.3. The number of thiophene rings is 1. The zero-order chi connectivity index (χ0) is 23.8. The van der Waals surface area contributed by atoms with Crippen LogP contribution < -0.4 is 10.4 Å². The van der Waals surface area contributed by atoms with E-state index in [-0.39, 0.29) is 0 Å². The lowest BCUT2D eigenvalue weighted by Crippen LogP contribution is -2.29. The summed E-state index contributed by atoms with van der Waals surface area (Å²) < 4.78 is 2.53. The summed E-state index contributed by atoms with van der Waals surface area (Å²) in [5, 5.41) is 21.7. The molecule has 0 fully saturated rings. The Labute approximate surface area is 208 Å². The molecule has 0 atom stereocenters. The van der Waals surface area contributed by atoms with Crippen LogP contribution in [0.25, 0.3) is 31.3 Å². The normalized spacial score (nSPS) is 11.1. The fourth-order valence-electron chi connectivity index (χ4n) is 4.55. The van der Waals surface area contributed by atoms with Gasteiger partial charge >= 0.3 is 7.12 Å². The quantitative estimate of drug-likeness (QED) is 0.270. The molecule has 0 unspecified atom stereocenters. The van der Waals surface area contributed by atoms with E-state index in [0.29, 0.717) is 5.46 Å². The maximum atomic E-state index is 9.59. The Morgan fingerprint density at radius 1 is 0.514 bits per heavy atom. The minimum Gasteiger partial charge on any atom is -0.423 e. The Morgan fingerprint density at radius 3 is 1.97 bits per heavy atom. The van der Waals surface area contributed by atoms with E-state index in [4.69, 9.17) is 0 Å². The molecule has 0 spiro atoms. The molecule has 35 heavy (non-hydrogen) atoms. The van der Waals surface area contributed by atoms with Gasteiger partial charge in [-0.15, -0.1) is 11.3 Å². The minimum absolute atomic E-state index is 0.464. The third kappa shape index (κ3) is 4.11. The van der Waals surface area contributed by atoms with E-state index in [1.165, 1.54) is 20.2 Å². The molecule has 1 aromatic heterocycles. The zero-order valence-corrected chi connectivity index (χ0v) is 19.7. The van der Waals surface area contributed by atoms with Crippen molar-refractivity contribution in [2.45, 2.75) is 0 Å². The van der Waals surface area contributed by atoms with Gasteiger partial charge in [0.25, 0.3) is 0 Å². The molecule has 0 aliphatic carbocycles. The van der Waals surface area contributed by atoms with Crippen molar-refractivity contribution in [3.8, 4) is 11.1 Å². The summed E-state index contributed by atoms with van der Waals surface area (Å²) in [6.07, 6.45) is 0. The maximum absolute atomic E-state index is 9.59. The highest BCUT2D eigenvalue weighted by molar-refractivity contribution is 7.25. The van der Waals surface area contributed by atoms with E-state index in [1.54, 1.807) is 23.5 Å². The Bertz CT molecular complexity index is 1630. The van der Waals surface area contributed by atoms with Crippen LogP contribution in [-0.2, 0) is 0 Å². The monoisotopic (exact) mass is 471 g/mol. The van der Waals surface area contributed by atoms with Crippen molar-refractivity contribution in [2.75, 3.05) is 4.90 Å². The molecular weight excluding hydrogens is 449 g/mol. The smallest absolute Gasteiger partial charge is 0.423 e.